The summed E-state index contributed by atoms with van der Waals surface area (Å²) in [4.78, 5) is 6.87. The molecule has 37 heavy (non-hydrogen) atoms. The molecule has 8 heteroatoms. The zero-order valence-electron chi connectivity index (χ0n) is 19.5. The maximum Gasteiger partial charge on any atom is 0.238 e. The van der Waals surface area contributed by atoms with Crippen molar-refractivity contribution in [2.75, 3.05) is 0 Å². The third kappa shape index (κ3) is 6.14. The molecule has 2 heterocycles. The van der Waals surface area contributed by atoms with Crippen LogP contribution in [0.3, 0.4) is 0 Å². The molecule has 0 bridgehead atoms. The van der Waals surface area contributed by atoms with Crippen LogP contribution in [0.15, 0.2) is 129 Å². The molecule has 0 radical (unpaired) electrons. The number of allylic oxidation sites excluding steroid dienone is 2. The van der Waals surface area contributed by atoms with Gasteiger partial charge in [-0.3, -0.25) is 4.57 Å². The third-order valence-electron chi connectivity index (χ3n) is 5.73. The van der Waals surface area contributed by atoms with Gasteiger partial charge in [0.1, 0.15) is 5.84 Å². The van der Waals surface area contributed by atoms with Gasteiger partial charge in [0.15, 0.2) is 5.84 Å². The van der Waals surface area contributed by atoms with Crippen LogP contribution in [0.5, 0.6) is 0 Å². The SMILES string of the molecule is O=P(C=C(Cl)c1ccccc1)(C=C(Cl)c1ccccc1)N=C1N=C2C=CC(Br)=CN2Cc2ccccc21. The number of fused-ring (bicyclic) bond motifs is 2. The van der Waals surface area contributed by atoms with Crippen LogP contribution in [-0.4, -0.2) is 16.6 Å². The number of amidine groups is 2. The van der Waals surface area contributed by atoms with E-state index in [1.165, 1.54) is 11.6 Å². The van der Waals surface area contributed by atoms with Crippen molar-refractivity contribution in [1.29, 1.82) is 0 Å². The van der Waals surface area contributed by atoms with Crippen molar-refractivity contribution < 1.29 is 4.57 Å². The second-order valence-electron chi connectivity index (χ2n) is 8.38. The van der Waals surface area contributed by atoms with E-state index in [0.717, 1.165) is 26.7 Å². The molecule has 2 aliphatic rings. The normalized spacial score (nSPS) is 18.4. The molecular formula is C29H21BrCl2N3OP. The van der Waals surface area contributed by atoms with Gasteiger partial charge in [0.25, 0.3) is 0 Å². The summed E-state index contributed by atoms with van der Waals surface area (Å²) in [6.07, 6.45) is 5.79. The van der Waals surface area contributed by atoms with Crippen LogP contribution in [-0.2, 0) is 11.1 Å². The van der Waals surface area contributed by atoms with Crippen LogP contribution in [0.2, 0.25) is 0 Å². The number of halogens is 3. The van der Waals surface area contributed by atoms with E-state index in [9.17, 15) is 4.57 Å². The molecule has 3 aromatic carbocycles. The lowest BCUT2D eigenvalue weighted by molar-refractivity contribution is 0.555. The average molecular weight is 609 g/mol. The Morgan fingerprint density at radius 3 is 2.05 bits per heavy atom. The Morgan fingerprint density at radius 1 is 0.865 bits per heavy atom. The maximum atomic E-state index is 14.6. The highest BCUT2D eigenvalue weighted by Gasteiger charge is 2.25. The van der Waals surface area contributed by atoms with E-state index in [2.05, 4.69) is 15.9 Å². The topological polar surface area (TPSA) is 45.0 Å². The first-order chi connectivity index (χ1) is 17.9. The first kappa shape index (κ1) is 25.7. The fourth-order valence-corrected chi connectivity index (χ4v) is 7.01. The Balaban J connectivity index is 1.70. The average Bonchev–Trinajstić information content (AvgIpc) is 3.05. The highest BCUT2D eigenvalue weighted by atomic mass is 79.9. The first-order valence-corrected chi connectivity index (χ1v) is 14.8. The van der Waals surface area contributed by atoms with Gasteiger partial charge in [-0.05, 0) is 44.8 Å². The number of benzene rings is 3. The summed E-state index contributed by atoms with van der Waals surface area (Å²) >= 11 is 16.9. The van der Waals surface area contributed by atoms with Gasteiger partial charge in [-0.2, -0.15) is 4.76 Å². The minimum Gasteiger partial charge on any atom is -0.327 e. The molecule has 0 atom stereocenters. The number of aliphatic imine (C=N–C) groups is 1. The Morgan fingerprint density at radius 2 is 1.43 bits per heavy atom. The van der Waals surface area contributed by atoms with Gasteiger partial charge in [0, 0.05) is 34.4 Å². The van der Waals surface area contributed by atoms with Gasteiger partial charge in [-0.1, -0.05) is 108 Å². The summed E-state index contributed by atoms with van der Waals surface area (Å²) < 4.78 is 20.3. The van der Waals surface area contributed by atoms with E-state index >= 15 is 0 Å². The van der Waals surface area contributed by atoms with Crippen molar-refractivity contribution >= 4 is 68.2 Å². The maximum absolute atomic E-state index is 14.6. The summed E-state index contributed by atoms with van der Waals surface area (Å²) in [5.41, 5.74) is 3.28. The minimum absolute atomic E-state index is 0.322. The zero-order chi connectivity index (χ0) is 25.8. The van der Waals surface area contributed by atoms with Crippen molar-refractivity contribution in [3.63, 3.8) is 0 Å². The van der Waals surface area contributed by atoms with Gasteiger partial charge in [0.05, 0.1) is 10.1 Å². The fourth-order valence-electron chi connectivity index (χ4n) is 3.95. The smallest absolute Gasteiger partial charge is 0.238 e. The fraction of sp³-hybridized carbons (Fsp3) is 0.0345. The summed E-state index contributed by atoms with van der Waals surface area (Å²) in [5, 5.41) is 0.644. The van der Waals surface area contributed by atoms with E-state index in [-0.39, 0.29) is 0 Å². The van der Waals surface area contributed by atoms with Crippen molar-refractivity contribution in [1.82, 2.24) is 4.90 Å². The van der Waals surface area contributed by atoms with Crippen LogP contribution in [0.4, 0.5) is 0 Å². The van der Waals surface area contributed by atoms with Crippen molar-refractivity contribution in [2.45, 2.75) is 6.54 Å². The molecule has 2 aliphatic heterocycles. The number of hydrogen-bond acceptors (Lipinski definition) is 2. The highest BCUT2D eigenvalue weighted by Crippen LogP contribution is 2.56. The van der Waals surface area contributed by atoms with Gasteiger partial charge in [-0.15, -0.1) is 0 Å². The van der Waals surface area contributed by atoms with Crippen molar-refractivity contribution in [2.24, 2.45) is 9.76 Å². The largest absolute Gasteiger partial charge is 0.327 e. The summed E-state index contributed by atoms with van der Waals surface area (Å²) in [6, 6.07) is 26.6. The molecule has 5 rings (SSSR count). The predicted molar refractivity (Wildman–Crippen MR) is 160 cm³/mol. The number of nitrogens with zero attached hydrogens (tertiary/aromatic N) is 3. The second kappa shape index (κ2) is 11.2. The quantitative estimate of drug-likeness (QED) is 0.271. The van der Waals surface area contributed by atoms with Gasteiger partial charge >= 0.3 is 0 Å². The molecule has 0 fully saturated rings. The lowest BCUT2D eigenvalue weighted by Crippen LogP contribution is -2.24. The third-order valence-corrected chi connectivity index (χ3v) is 8.92. The standard InChI is InChI=1S/C29H21BrCl2N3OP/c30-24-15-16-28-33-29(25-14-8-7-13-23(25)17-35(28)18-24)34-37(36,19-26(31)21-9-3-1-4-10-21)20-27(32)22-11-5-2-6-12-22/h1-16,18-20H,17H2. The molecule has 0 N–H and O–H groups in total. The monoisotopic (exact) mass is 607 g/mol. The Kier molecular flexibility index (Phi) is 7.78. The molecule has 0 amide bonds. The molecule has 0 aliphatic carbocycles. The Bertz CT molecular complexity index is 1500. The molecule has 0 unspecified atom stereocenters. The molecule has 0 aromatic heterocycles. The predicted octanol–water partition coefficient (Wildman–Crippen LogP) is 9.21. The van der Waals surface area contributed by atoms with E-state index in [1.807, 2.05) is 108 Å². The molecule has 0 saturated carbocycles. The van der Waals surface area contributed by atoms with Crippen molar-refractivity contribution in [3.8, 4) is 0 Å². The molecule has 3 aromatic rings. The lowest BCUT2D eigenvalue weighted by Gasteiger charge is -2.21. The second-order valence-corrected chi connectivity index (χ2v) is 12.2. The van der Waals surface area contributed by atoms with Crippen molar-refractivity contribution in [3.05, 3.63) is 142 Å². The van der Waals surface area contributed by atoms with Gasteiger partial charge < -0.3 is 4.90 Å². The van der Waals surface area contributed by atoms with Gasteiger partial charge in [0.2, 0.25) is 7.29 Å². The Labute approximate surface area is 234 Å². The molecule has 0 saturated heterocycles. The summed E-state index contributed by atoms with van der Waals surface area (Å²) in [7, 11) is -3.64. The number of hydrogen-bond donors (Lipinski definition) is 0. The molecular weight excluding hydrogens is 588 g/mol. The Hall–Kier alpha value is -2.95. The highest BCUT2D eigenvalue weighted by molar-refractivity contribution is 9.11. The number of rotatable bonds is 5. The summed E-state index contributed by atoms with van der Waals surface area (Å²) in [5.74, 6) is 4.03. The van der Waals surface area contributed by atoms with E-state index in [1.54, 1.807) is 0 Å². The molecule has 4 nitrogen and oxygen atoms in total. The minimum atomic E-state index is -3.64. The van der Waals surface area contributed by atoms with Gasteiger partial charge in [-0.25, -0.2) is 4.99 Å². The lowest BCUT2D eigenvalue weighted by atomic mass is 10.1. The van der Waals surface area contributed by atoms with E-state index in [0.29, 0.717) is 28.3 Å². The molecule has 184 valence electrons. The van der Waals surface area contributed by atoms with E-state index in [4.69, 9.17) is 33.0 Å². The van der Waals surface area contributed by atoms with Crippen LogP contribution in [0.25, 0.3) is 10.1 Å². The zero-order valence-corrected chi connectivity index (χ0v) is 23.5. The van der Waals surface area contributed by atoms with Crippen LogP contribution >= 0.6 is 46.4 Å². The molecule has 0 spiro atoms. The first-order valence-electron chi connectivity index (χ1n) is 11.5. The van der Waals surface area contributed by atoms with Crippen LogP contribution in [0, 0.1) is 0 Å². The van der Waals surface area contributed by atoms with Crippen LogP contribution < -0.4 is 0 Å². The van der Waals surface area contributed by atoms with Crippen LogP contribution in [0.1, 0.15) is 22.3 Å². The van der Waals surface area contributed by atoms with E-state index < -0.39 is 7.29 Å². The summed E-state index contributed by atoms with van der Waals surface area (Å²) in [6.45, 7) is 0.596.